The predicted molar refractivity (Wildman–Crippen MR) is 76.4 cm³/mol. The number of benzene rings is 1. The van der Waals surface area contributed by atoms with Gasteiger partial charge in [0, 0.05) is 32.6 Å². The van der Waals surface area contributed by atoms with Crippen molar-refractivity contribution >= 4 is 5.69 Å². The van der Waals surface area contributed by atoms with Gasteiger partial charge in [0.05, 0.1) is 13.2 Å². The van der Waals surface area contributed by atoms with Crippen LogP contribution in [0.2, 0.25) is 0 Å². The fraction of sp³-hybridized carbons (Fsp3) is 0.625. The second-order valence-corrected chi connectivity index (χ2v) is 6.01. The molecule has 1 aromatic rings. The minimum absolute atomic E-state index is 0.228. The molecule has 19 heavy (non-hydrogen) atoms. The molecule has 2 fully saturated rings. The minimum atomic E-state index is -0.228. The lowest BCUT2D eigenvalue weighted by molar-refractivity contribution is -0.178. The van der Waals surface area contributed by atoms with Crippen LogP contribution in [0.1, 0.15) is 24.8 Å². The summed E-state index contributed by atoms with van der Waals surface area (Å²) in [7, 11) is 4.14. The zero-order valence-electron chi connectivity index (χ0n) is 11.9. The molecule has 1 aromatic carbocycles. The summed E-state index contributed by atoms with van der Waals surface area (Å²) in [6.07, 6.45) is 4.37. The van der Waals surface area contributed by atoms with Crippen molar-refractivity contribution in [2.45, 2.75) is 31.5 Å². The number of anilines is 1. The monoisotopic (exact) mass is 261 g/mol. The van der Waals surface area contributed by atoms with E-state index in [1.54, 1.807) is 0 Å². The number of hydrogen-bond acceptors (Lipinski definition) is 3. The maximum atomic E-state index is 5.92. The van der Waals surface area contributed by atoms with Crippen LogP contribution in [-0.2, 0) is 15.9 Å². The fourth-order valence-corrected chi connectivity index (χ4v) is 3.17. The summed E-state index contributed by atoms with van der Waals surface area (Å²) in [5, 5.41) is 0. The Balaban J connectivity index is 1.60. The Morgan fingerprint density at radius 1 is 1.21 bits per heavy atom. The predicted octanol–water partition coefficient (Wildman–Crippen LogP) is 2.84. The quantitative estimate of drug-likeness (QED) is 0.835. The van der Waals surface area contributed by atoms with Crippen LogP contribution in [0.5, 0.6) is 0 Å². The highest BCUT2D eigenvalue weighted by molar-refractivity contribution is 5.46. The summed E-state index contributed by atoms with van der Waals surface area (Å²) in [6, 6.07) is 8.84. The zero-order chi connectivity index (χ0) is 13.3. The van der Waals surface area contributed by atoms with E-state index in [-0.39, 0.29) is 5.79 Å². The summed E-state index contributed by atoms with van der Waals surface area (Å²) >= 11 is 0. The molecule has 0 aromatic heterocycles. The molecule has 2 saturated heterocycles. The summed E-state index contributed by atoms with van der Waals surface area (Å²) < 4.78 is 11.7. The van der Waals surface area contributed by atoms with Gasteiger partial charge >= 0.3 is 0 Å². The van der Waals surface area contributed by atoms with Crippen LogP contribution < -0.4 is 4.90 Å². The number of rotatable bonds is 3. The molecule has 2 aliphatic heterocycles. The van der Waals surface area contributed by atoms with Crippen LogP contribution in [0.4, 0.5) is 5.69 Å². The Morgan fingerprint density at radius 3 is 2.63 bits per heavy atom. The Kier molecular flexibility index (Phi) is 3.50. The van der Waals surface area contributed by atoms with Crippen molar-refractivity contribution in [2.75, 3.05) is 32.2 Å². The summed E-state index contributed by atoms with van der Waals surface area (Å²) in [5.74, 6) is 0.372. The first-order valence-electron chi connectivity index (χ1n) is 7.21. The first-order valence-corrected chi connectivity index (χ1v) is 7.21. The van der Waals surface area contributed by atoms with E-state index in [0.29, 0.717) is 5.92 Å². The van der Waals surface area contributed by atoms with Crippen LogP contribution in [0.25, 0.3) is 0 Å². The van der Waals surface area contributed by atoms with Crippen molar-refractivity contribution in [2.24, 2.45) is 5.92 Å². The normalized spacial score (nSPS) is 30.1. The van der Waals surface area contributed by atoms with Gasteiger partial charge in [-0.15, -0.1) is 0 Å². The molecule has 0 N–H and O–H groups in total. The van der Waals surface area contributed by atoms with E-state index in [1.807, 2.05) is 0 Å². The standard InChI is InChI=1S/C16H23NO2/c1-17(2)15-6-4-13(5-7-15)10-14-11-16(19-12-14)8-3-9-18-16/h4-7,14H,3,8-12H2,1-2H3/t14-,16-/m1/s1. The Labute approximate surface area is 115 Å². The third-order valence-electron chi connectivity index (χ3n) is 4.23. The molecular weight excluding hydrogens is 238 g/mol. The molecular formula is C16H23NO2. The van der Waals surface area contributed by atoms with Gasteiger partial charge in [-0.2, -0.15) is 0 Å². The third-order valence-corrected chi connectivity index (χ3v) is 4.23. The van der Waals surface area contributed by atoms with Crippen molar-refractivity contribution < 1.29 is 9.47 Å². The van der Waals surface area contributed by atoms with Crippen LogP contribution in [0, 0.1) is 5.92 Å². The molecule has 2 heterocycles. The lowest BCUT2D eigenvalue weighted by atomic mass is 9.94. The van der Waals surface area contributed by atoms with Crippen molar-refractivity contribution in [1.29, 1.82) is 0 Å². The lowest BCUT2D eigenvalue weighted by Crippen LogP contribution is -2.25. The average Bonchev–Trinajstić information content (AvgIpc) is 3.01. The fourth-order valence-electron chi connectivity index (χ4n) is 3.17. The molecule has 0 bridgehead atoms. The molecule has 104 valence electrons. The van der Waals surface area contributed by atoms with Gasteiger partial charge in [-0.1, -0.05) is 12.1 Å². The van der Waals surface area contributed by atoms with E-state index in [9.17, 15) is 0 Å². The maximum absolute atomic E-state index is 5.92. The molecule has 3 heteroatoms. The summed E-state index contributed by atoms with van der Waals surface area (Å²) in [4.78, 5) is 2.13. The molecule has 2 aliphatic rings. The second-order valence-electron chi connectivity index (χ2n) is 6.01. The van der Waals surface area contributed by atoms with E-state index in [4.69, 9.17) is 9.47 Å². The van der Waals surface area contributed by atoms with Gasteiger partial charge in [0.1, 0.15) is 0 Å². The largest absolute Gasteiger partial charge is 0.378 e. The van der Waals surface area contributed by atoms with E-state index in [2.05, 4.69) is 43.3 Å². The molecule has 2 atom stereocenters. The zero-order valence-corrected chi connectivity index (χ0v) is 11.9. The average molecular weight is 261 g/mol. The lowest BCUT2D eigenvalue weighted by Gasteiger charge is -2.21. The van der Waals surface area contributed by atoms with Gasteiger partial charge in [0.2, 0.25) is 0 Å². The van der Waals surface area contributed by atoms with Crippen molar-refractivity contribution in [3.8, 4) is 0 Å². The van der Waals surface area contributed by atoms with Gasteiger partial charge in [0.15, 0.2) is 5.79 Å². The van der Waals surface area contributed by atoms with Crippen LogP contribution in [0.15, 0.2) is 24.3 Å². The van der Waals surface area contributed by atoms with Gasteiger partial charge in [-0.3, -0.25) is 0 Å². The van der Waals surface area contributed by atoms with E-state index in [1.165, 1.54) is 11.3 Å². The molecule has 0 radical (unpaired) electrons. The van der Waals surface area contributed by atoms with Crippen LogP contribution in [0.3, 0.4) is 0 Å². The molecule has 0 amide bonds. The van der Waals surface area contributed by atoms with Crippen molar-refractivity contribution in [3.63, 3.8) is 0 Å². The topological polar surface area (TPSA) is 21.7 Å². The molecule has 1 spiro atoms. The van der Waals surface area contributed by atoms with Gasteiger partial charge < -0.3 is 14.4 Å². The van der Waals surface area contributed by atoms with Crippen LogP contribution in [-0.4, -0.2) is 33.1 Å². The van der Waals surface area contributed by atoms with Crippen molar-refractivity contribution in [1.82, 2.24) is 0 Å². The SMILES string of the molecule is CN(C)c1ccc(C[C@H]2CO[C@]3(CCCO3)C2)cc1. The van der Waals surface area contributed by atoms with E-state index < -0.39 is 0 Å². The Hall–Kier alpha value is -1.06. The molecule has 0 saturated carbocycles. The first kappa shape index (κ1) is 12.9. The molecule has 3 nitrogen and oxygen atoms in total. The Bertz CT molecular complexity index is 421. The summed E-state index contributed by atoms with van der Waals surface area (Å²) in [5.41, 5.74) is 2.65. The molecule has 3 rings (SSSR count). The van der Waals surface area contributed by atoms with Gasteiger partial charge in [-0.05, 0) is 36.5 Å². The highest BCUT2D eigenvalue weighted by atomic mass is 16.7. The van der Waals surface area contributed by atoms with E-state index >= 15 is 0 Å². The maximum Gasteiger partial charge on any atom is 0.168 e. The van der Waals surface area contributed by atoms with Gasteiger partial charge in [-0.25, -0.2) is 0 Å². The molecule has 0 unspecified atom stereocenters. The van der Waals surface area contributed by atoms with E-state index in [0.717, 1.165) is 38.9 Å². The smallest absolute Gasteiger partial charge is 0.168 e. The van der Waals surface area contributed by atoms with Crippen molar-refractivity contribution in [3.05, 3.63) is 29.8 Å². The van der Waals surface area contributed by atoms with Gasteiger partial charge in [0.25, 0.3) is 0 Å². The first-order chi connectivity index (χ1) is 9.17. The number of hydrogen-bond donors (Lipinski definition) is 0. The minimum Gasteiger partial charge on any atom is -0.378 e. The third kappa shape index (κ3) is 2.77. The van der Waals surface area contributed by atoms with Crippen LogP contribution >= 0.6 is 0 Å². The Morgan fingerprint density at radius 2 is 2.00 bits per heavy atom. The second kappa shape index (κ2) is 5.14. The number of ether oxygens (including phenoxy) is 2. The summed E-state index contributed by atoms with van der Waals surface area (Å²) in [6.45, 7) is 1.71. The highest BCUT2D eigenvalue weighted by Crippen LogP contribution is 2.40. The number of nitrogens with zero attached hydrogens (tertiary/aromatic N) is 1. The highest BCUT2D eigenvalue weighted by Gasteiger charge is 2.43. The molecule has 0 aliphatic carbocycles.